The number of aliphatic hydroxyl groups excluding tert-OH is 1. The number of benzene rings is 1. The summed E-state index contributed by atoms with van der Waals surface area (Å²) >= 11 is 0. The fourth-order valence-corrected chi connectivity index (χ4v) is 9.03. The Hall–Kier alpha value is -1.72. The van der Waals surface area contributed by atoms with Crippen molar-refractivity contribution in [2.45, 2.75) is 76.9 Å². The molecule has 1 aromatic carbocycles. The molecule has 1 amide bonds. The number of hydrogen-bond donors (Lipinski definition) is 3. The molecule has 9 atom stereocenters. The maximum atomic E-state index is 13.9. The van der Waals surface area contributed by atoms with Crippen molar-refractivity contribution in [3.05, 3.63) is 29.8 Å². The largest absolute Gasteiger partial charge is 0.393 e. The van der Waals surface area contributed by atoms with Crippen LogP contribution in [0.1, 0.15) is 70.8 Å². The molecule has 0 bridgehead atoms. The third kappa shape index (κ3) is 2.47. The standard InChI is InChI=1S/C27H35NO4/c1-25-11-9-16(29)13-15(25)7-8-17-18(25)10-12-26(2)20(17)14-21(23(26)30)27(32)19-5-3-4-6-22(19)28-24(27)31/h3-6,15-18,20-21,29,32H,7-14H2,1-2H3,(H,28,31)/t15-,16-,17+,18-,20-,21?,25-,26-,27?/m0/s1. The zero-order chi connectivity index (χ0) is 22.5. The number of carbonyl (C=O) groups excluding carboxylic acids is 2. The topological polar surface area (TPSA) is 86.6 Å². The van der Waals surface area contributed by atoms with Gasteiger partial charge in [0.2, 0.25) is 0 Å². The number of para-hydroxylation sites is 1. The Morgan fingerprint density at radius 2 is 1.75 bits per heavy atom. The van der Waals surface area contributed by atoms with Gasteiger partial charge in [0.05, 0.1) is 12.0 Å². The lowest BCUT2D eigenvalue weighted by atomic mass is 9.45. The quantitative estimate of drug-likeness (QED) is 0.619. The van der Waals surface area contributed by atoms with Crippen molar-refractivity contribution in [3.8, 4) is 0 Å². The number of hydrogen-bond acceptors (Lipinski definition) is 4. The van der Waals surface area contributed by atoms with Crippen molar-refractivity contribution >= 4 is 17.4 Å². The first-order chi connectivity index (χ1) is 15.2. The van der Waals surface area contributed by atoms with Gasteiger partial charge in [0.25, 0.3) is 5.91 Å². The number of carbonyl (C=O) groups is 2. The lowest BCUT2D eigenvalue weighted by Gasteiger charge is -2.60. The van der Waals surface area contributed by atoms with Crippen LogP contribution in [0.2, 0.25) is 0 Å². The number of anilines is 1. The molecule has 1 heterocycles. The van der Waals surface area contributed by atoms with Gasteiger partial charge in [-0.25, -0.2) is 0 Å². The first-order valence-corrected chi connectivity index (χ1v) is 12.6. The summed E-state index contributed by atoms with van der Waals surface area (Å²) in [5.41, 5.74) is -0.812. The molecule has 6 rings (SSSR count). The molecule has 2 unspecified atom stereocenters. The molecule has 32 heavy (non-hydrogen) atoms. The molecule has 0 spiro atoms. The molecular weight excluding hydrogens is 402 g/mol. The van der Waals surface area contributed by atoms with E-state index < -0.39 is 22.8 Å². The fourth-order valence-electron chi connectivity index (χ4n) is 9.03. The van der Waals surface area contributed by atoms with Gasteiger partial charge < -0.3 is 15.5 Å². The Kier molecular flexibility index (Phi) is 4.34. The third-order valence-corrected chi connectivity index (χ3v) is 10.8. The summed E-state index contributed by atoms with van der Waals surface area (Å²) in [7, 11) is 0. The SMILES string of the molecule is C[C@]12CC[C@H](O)C[C@@H]1CC[C@@H]1[C@@H]2CC[C@]2(C)C(=O)C(C3(O)C(=O)Nc4ccccc43)C[C@@H]12. The van der Waals surface area contributed by atoms with Crippen LogP contribution in [0.25, 0.3) is 0 Å². The number of fused-ring (bicyclic) bond motifs is 6. The van der Waals surface area contributed by atoms with E-state index in [9.17, 15) is 19.8 Å². The maximum absolute atomic E-state index is 13.9. The van der Waals surface area contributed by atoms with E-state index in [2.05, 4.69) is 19.2 Å². The predicted octanol–water partition coefficient (Wildman–Crippen LogP) is 4.03. The minimum atomic E-state index is -1.76. The zero-order valence-electron chi connectivity index (χ0n) is 19.1. The van der Waals surface area contributed by atoms with E-state index in [-0.39, 0.29) is 23.2 Å². The Labute approximate surface area is 190 Å². The van der Waals surface area contributed by atoms with E-state index >= 15 is 0 Å². The fraction of sp³-hybridized carbons (Fsp3) is 0.704. The highest BCUT2D eigenvalue weighted by molar-refractivity contribution is 6.09. The van der Waals surface area contributed by atoms with Crippen LogP contribution in [0, 0.1) is 40.4 Å². The molecule has 4 aliphatic carbocycles. The summed E-state index contributed by atoms with van der Waals surface area (Å²) in [4.78, 5) is 26.9. The summed E-state index contributed by atoms with van der Waals surface area (Å²) in [5.74, 6) is 0.766. The molecule has 1 aromatic rings. The van der Waals surface area contributed by atoms with Crippen LogP contribution in [0.4, 0.5) is 5.69 Å². The van der Waals surface area contributed by atoms with Crippen molar-refractivity contribution in [2.75, 3.05) is 5.32 Å². The van der Waals surface area contributed by atoms with Gasteiger partial charge in [0.15, 0.2) is 5.60 Å². The summed E-state index contributed by atoms with van der Waals surface area (Å²) in [5, 5.41) is 24.8. The molecule has 3 N–H and O–H groups in total. The first-order valence-electron chi connectivity index (χ1n) is 12.6. The number of nitrogens with one attached hydrogen (secondary N) is 1. The lowest BCUT2D eigenvalue weighted by Crippen LogP contribution is -2.54. The van der Waals surface area contributed by atoms with E-state index in [1.165, 1.54) is 0 Å². The van der Waals surface area contributed by atoms with E-state index in [1.54, 1.807) is 12.1 Å². The minimum Gasteiger partial charge on any atom is -0.393 e. The van der Waals surface area contributed by atoms with Gasteiger partial charge in [-0.1, -0.05) is 32.0 Å². The molecule has 5 heteroatoms. The van der Waals surface area contributed by atoms with Gasteiger partial charge in [-0.2, -0.15) is 0 Å². The average Bonchev–Trinajstić information content (AvgIpc) is 3.20. The molecule has 5 aliphatic rings. The zero-order valence-corrected chi connectivity index (χ0v) is 19.1. The number of Topliss-reactive ketones (excluding diaryl/α,β-unsaturated/α-hetero) is 1. The highest BCUT2D eigenvalue weighted by Gasteiger charge is 2.67. The molecular formula is C27H35NO4. The van der Waals surface area contributed by atoms with Crippen LogP contribution in [-0.2, 0) is 15.2 Å². The monoisotopic (exact) mass is 437 g/mol. The van der Waals surface area contributed by atoms with Crippen LogP contribution >= 0.6 is 0 Å². The maximum Gasteiger partial charge on any atom is 0.261 e. The van der Waals surface area contributed by atoms with Crippen molar-refractivity contribution in [3.63, 3.8) is 0 Å². The molecule has 0 aromatic heterocycles. The highest BCUT2D eigenvalue weighted by atomic mass is 16.3. The molecule has 1 aliphatic heterocycles. The second-order valence-electron chi connectivity index (χ2n) is 12.0. The van der Waals surface area contributed by atoms with Crippen molar-refractivity contribution in [2.24, 2.45) is 40.4 Å². The van der Waals surface area contributed by atoms with E-state index in [0.29, 0.717) is 35.4 Å². The van der Waals surface area contributed by atoms with Gasteiger partial charge in [-0.05, 0) is 86.5 Å². The third-order valence-electron chi connectivity index (χ3n) is 10.8. The van der Waals surface area contributed by atoms with Crippen LogP contribution in [-0.4, -0.2) is 28.0 Å². The second-order valence-corrected chi connectivity index (χ2v) is 12.0. The van der Waals surface area contributed by atoms with Gasteiger partial charge in [0.1, 0.15) is 5.78 Å². The molecule has 4 fully saturated rings. The smallest absolute Gasteiger partial charge is 0.261 e. The van der Waals surface area contributed by atoms with Crippen LogP contribution in [0.15, 0.2) is 24.3 Å². The number of amides is 1. The summed E-state index contributed by atoms with van der Waals surface area (Å²) in [6.45, 7) is 4.54. The minimum absolute atomic E-state index is 0.0849. The number of aliphatic hydroxyl groups is 2. The Balaban J connectivity index is 1.35. The van der Waals surface area contributed by atoms with Crippen molar-refractivity contribution < 1.29 is 19.8 Å². The van der Waals surface area contributed by atoms with E-state index in [4.69, 9.17) is 0 Å². The van der Waals surface area contributed by atoms with Crippen LogP contribution < -0.4 is 5.32 Å². The Morgan fingerprint density at radius 3 is 2.56 bits per heavy atom. The van der Waals surface area contributed by atoms with E-state index in [0.717, 1.165) is 44.9 Å². The summed E-state index contributed by atoms with van der Waals surface area (Å²) < 4.78 is 0. The summed E-state index contributed by atoms with van der Waals surface area (Å²) in [6.07, 6.45) is 7.41. The Morgan fingerprint density at radius 1 is 0.969 bits per heavy atom. The number of rotatable bonds is 1. The van der Waals surface area contributed by atoms with Gasteiger partial charge in [-0.3, -0.25) is 9.59 Å². The predicted molar refractivity (Wildman–Crippen MR) is 121 cm³/mol. The van der Waals surface area contributed by atoms with Crippen LogP contribution in [0.5, 0.6) is 0 Å². The highest BCUT2D eigenvalue weighted by Crippen LogP contribution is 2.67. The number of ketones is 1. The molecule has 172 valence electrons. The van der Waals surface area contributed by atoms with Crippen molar-refractivity contribution in [1.29, 1.82) is 0 Å². The van der Waals surface area contributed by atoms with Gasteiger partial charge >= 0.3 is 0 Å². The molecule has 0 radical (unpaired) electrons. The van der Waals surface area contributed by atoms with E-state index in [1.807, 2.05) is 12.1 Å². The Bertz CT molecular complexity index is 992. The summed E-state index contributed by atoms with van der Waals surface area (Å²) in [6, 6.07) is 7.25. The van der Waals surface area contributed by atoms with Crippen LogP contribution in [0.3, 0.4) is 0 Å². The molecule has 5 nitrogen and oxygen atoms in total. The molecule has 4 saturated carbocycles. The van der Waals surface area contributed by atoms with Crippen molar-refractivity contribution in [1.82, 2.24) is 0 Å². The van der Waals surface area contributed by atoms with Gasteiger partial charge in [0, 0.05) is 16.7 Å². The second kappa shape index (κ2) is 6.66. The average molecular weight is 438 g/mol. The van der Waals surface area contributed by atoms with Gasteiger partial charge in [-0.15, -0.1) is 0 Å². The lowest BCUT2D eigenvalue weighted by molar-refractivity contribution is -0.151. The normalized spacial score (nSPS) is 49.6. The molecule has 0 saturated heterocycles. The first kappa shape index (κ1) is 20.9.